The van der Waals surface area contributed by atoms with Crippen LogP contribution in [0.5, 0.6) is 0 Å². The summed E-state index contributed by atoms with van der Waals surface area (Å²) in [4.78, 5) is 0. The van der Waals surface area contributed by atoms with Crippen molar-refractivity contribution in [1.29, 1.82) is 0 Å². The predicted octanol–water partition coefficient (Wildman–Crippen LogP) is 0.462. The van der Waals surface area contributed by atoms with Crippen molar-refractivity contribution in [2.24, 2.45) is 0 Å². The van der Waals surface area contributed by atoms with E-state index in [1.165, 1.54) is 0 Å². The van der Waals surface area contributed by atoms with Gasteiger partial charge >= 0.3 is 0 Å². The van der Waals surface area contributed by atoms with Gasteiger partial charge in [-0.1, -0.05) is 6.92 Å². The lowest BCUT2D eigenvalue weighted by Crippen LogP contribution is -2.27. The maximum absolute atomic E-state index is 9.20. The summed E-state index contributed by atoms with van der Waals surface area (Å²) < 4.78 is 0. The van der Waals surface area contributed by atoms with Crippen LogP contribution in [0.3, 0.4) is 0 Å². The third-order valence-corrected chi connectivity index (χ3v) is 2.79. The molecule has 3 nitrogen and oxygen atoms in total. The first kappa shape index (κ1) is 13.2. The molecule has 0 rings (SSSR count). The molecule has 0 saturated heterocycles. The molecule has 1 unspecified atom stereocenters. The van der Waals surface area contributed by atoms with Crippen molar-refractivity contribution in [3.8, 4) is 0 Å². The average Bonchev–Trinajstić information content (AvgIpc) is 2.16. The van der Waals surface area contributed by atoms with Crippen molar-refractivity contribution in [2.75, 3.05) is 31.2 Å². The van der Waals surface area contributed by atoms with Crippen molar-refractivity contribution >= 4 is 11.8 Å². The van der Waals surface area contributed by atoms with E-state index in [0.29, 0.717) is 6.54 Å². The monoisotopic (exact) mass is 207 g/mol. The van der Waals surface area contributed by atoms with E-state index in [2.05, 4.69) is 5.32 Å². The molecule has 0 aromatic rings. The molecular formula is C9H21NO2S. The van der Waals surface area contributed by atoms with E-state index in [0.717, 1.165) is 30.9 Å². The van der Waals surface area contributed by atoms with E-state index in [9.17, 15) is 5.11 Å². The van der Waals surface area contributed by atoms with Gasteiger partial charge in [-0.05, 0) is 18.6 Å². The van der Waals surface area contributed by atoms with Crippen LogP contribution < -0.4 is 5.32 Å². The fourth-order valence-electron chi connectivity index (χ4n) is 0.826. The summed E-state index contributed by atoms with van der Waals surface area (Å²) in [5, 5.41) is 20.9. The minimum Gasteiger partial charge on any atom is -0.396 e. The third-order valence-electron chi connectivity index (χ3n) is 1.72. The normalized spacial score (nSPS) is 13.2. The van der Waals surface area contributed by atoms with Crippen molar-refractivity contribution in [3.63, 3.8) is 0 Å². The zero-order valence-electron chi connectivity index (χ0n) is 8.33. The minimum atomic E-state index is -0.206. The average molecular weight is 207 g/mol. The van der Waals surface area contributed by atoms with Gasteiger partial charge in [0.15, 0.2) is 0 Å². The van der Waals surface area contributed by atoms with Crippen LogP contribution in [0, 0.1) is 0 Å². The molecule has 3 N–H and O–H groups in total. The molecule has 0 fully saturated rings. The highest BCUT2D eigenvalue weighted by molar-refractivity contribution is 7.99. The number of aliphatic hydroxyl groups is 2. The number of hydrogen-bond donors (Lipinski definition) is 3. The van der Waals surface area contributed by atoms with Crippen LogP contribution in [-0.2, 0) is 0 Å². The third kappa shape index (κ3) is 10.1. The summed E-state index contributed by atoms with van der Waals surface area (Å²) in [6.07, 6.45) is 1.48. The first-order valence-corrected chi connectivity index (χ1v) is 6.04. The Morgan fingerprint density at radius 2 is 2.15 bits per heavy atom. The van der Waals surface area contributed by atoms with E-state index in [1.54, 1.807) is 0 Å². The smallest absolute Gasteiger partial charge is 0.0662 e. The predicted molar refractivity (Wildman–Crippen MR) is 58.2 cm³/mol. The van der Waals surface area contributed by atoms with E-state index in [4.69, 9.17) is 5.11 Å². The van der Waals surface area contributed by atoms with Gasteiger partial charge in [0, 0.05) is 25.4 Å². The van der Waals surface area contributed by atoms with Crippen molar-refractivity contribution in [1.82, 2.24) is 5.32 Å². The van der Waals surface area contributed by atoms with Gasteiger partial charge in [-0.2, -0.15) is 11.8 Å². The van der Waals surface area contributed by atoms with Crippen molar-refractivity contribution in [3.05, 3.63) is 0 Å². The minimum absolute atomic E-state index is 0.206. The van der Waals surface area contributed by atoms with Crippen molar-refractivity contribution in [2.45, 2.75) is 25.9 Å². The first-order valence-electron chi connectivity index (χ1n) is 4.88. The molecule has 0 aliphatic heterocycles. The van der Waals surface area contributed by atoms with E-state index in [-0.39, 0.29) is 12.7 Å². The van der Waals surface area contributed by atoms with E-state index in [1.807, 2.05) is 18.7 Å². The summed E-state index contributed by atoms with van der Waals surface area (Å²) in [5.41, 5.74) is 0. The second-order valence-corrected chi connectivity index (χ2v) is 4.18. The molecule has 0 spiro atoms. The molecule has 80 valence electrons. The number of nitrogens with one attached hydrogen (secondary N) is 1. The quantitative estimate of drug-likeness (QED) is 0.481. The summed E-state index contributed by atoms with van der Waals surface area (Å²) in [6, 6.07) is 0. The highest BCUT2D eigenvalue weighted by Crippen LogP contribution is 1.99. The molecule has 1 atom stereocenters. The molecule has 0 amide bonds. The zero-order valence-corrected chi connectivity index (χ0v) is 9.15. The Kier molecular flexibility index (Phi) is 10.5. The van der Waals surface area contributed by atoms with Gasteiger partial charge in [0.2, 0.25) is 0 Å². The highest BCUT2D eigenvalue weighted by Gasteiger charge is 1.97. The standard InChI is InChI=1S/C9H21NO2S/c1-2-9(12)8-10-4-7-13-6-3-5-11/h9-12H,2-8H2,1H3. The number of aliphatic hydroxyl groups excluding tert-OH is 2. The molecule has 13 heavy (non-hydrogen) atoms. The number of rotatable bonds is 9. The highest BCUT2D eigenvalue weighted by atomic mass is 32.2. The van der Waals surface area contributed by atoms with Gasteiger partial charge in [-0.15, -0.1) is 0 Å². The number of hydrogen-bond acceptors (Lipinski definition) is 4. The van der Waals surface area contributed by atoms with Crippen LogP contribution in [0.4, 0.5) is 0 Å². The maximum atomic E-state index is 9.20. The lowest BCUT2D eigenvalue weighted by Gasteiger charge is -2.08. The van der Waals surface area contributed by atoms with E-state index < -0.39 is 0 Å². The molecule has 0 saturated carbocycles. The number of thioether (sulfide) groups is 1. The second-order valence-electron chi connectivity index (χ2n) is 2.96. The van der Waals surface area contributed by atoms with Crippen LogP contribution in [-0.4, -0.2) is 47.5 Å². The van der Waals surface area contributed by atoms with Gasteiger partial charge in [-0.3, -0.25) is 0 Å². The Hall–Kier alpha value is 0.230. The van der Waals surface area contributed by atoms with Crippen LogP contribution in [0.15, 0.2) is 0 Å². The van der Waals surface area contributed by atoms with Gasteiger partial charge in [-0.25, -0.2) is 0 Å². The fraction of sp³-hybridized carbons (Fsp3) is 1.00. The summed E-state index contributed by atoms with van der Waals surface area (Å²) in [5.74, 6) is 2.07. The van der Waals surface area contributed by atoms with Crippen molar-refractivity contribution < 1.29 is 10.2 Å². The van der Waals surface area contributed by atoms with Gasteiger partial charge in [0.1, 0.15) is 0 Å². The zero-order chi connectivity index (χ0) is 9.94. The first-order chi connectivity index (χ1) is 6.31. The van der Waals surface area contributed by atoms with Gasteiger partial charge in [0.05, 0.1) is 6.10 Å². The Labute approximate surface area is 84.9 Å². The lowest BCUT2D eigenvalue weighted by atomic mass is 10.3. The van der Waals surface area contributed by atoms with Gasteiger partial charge in [0.25, 0.3) is 0 Å². The Morgan fingerprint density at radius 1 is 1.38 bits per heavy atom. The molecule has 0 heterocycles. The SMILES string of the molecule is CCC(O)CNCCSCCCO. The van der Waals surface area contributed by atoms with Crippen LogP contribution in [0.25, 0.3) is 0 Å². The van der Waals surface area contributed by atoms with Gasteiger partial charge < -0.3 is 15.5 Å². The summed E-state index contributed by atoms with van der Waals surface area (Å²) in [6.45, 7) is 3.89. The molecule has 0 aliphatic rings. The second kappa shape index (κ2) is 10.3. The Morgan fingerprint density at radius 3 is 2.77 bits per heavy atom. The summed E-state index contributed by atoms with van der Waals surface area (Å²) >= 11 is 1.83. The lowest BCUT2D eigenvalue weighted by molar-refractivity contribution is 0.168. The molecule has 0 aromatic carbocycles. The molecule has 0 radical (unpaired) electrons. The molecule has 0 bridgehead atoms. The Bertz CT molecular complexity index is 104. The summed E-state index contributed by atoms with van der Waals surface area (Å²) in [7, 11) is 0. The topological polar surface area (TPSA) is 52.5 Å². The molecule has 4 heteroatoms. The Balaban J connectivity index is 2.91. The van der Waals surface area contributed by atoms with Crippen LogP contribution >= 0.6 is 11.8 Å². The largest absolute Gasteiger partial charge is 0.396 e. The fourth-order valence-corrected chi connectivity index (χ4v) is 1.65. The molecule has 0 aromatic heterocycles. The van der Waals surface area contributed by atoms with E-state index >= 15 is 0 Å². The maximum Gasteiger partial charge on any atom is 0.0662 e. The molecular weight excluding hydrogens is 186 g/mol. The van der Waals surface area contributed by atoms with Crippen LogP contribution in [0.2, 0.25) is 0 Å². The van der Waals surface area contributed by atoms with Crippen LogP contribution in [0.1, 0.15) is 19.8 Å². The molecule has 0 aliphatic carbocycles.